The molecule has 0 saturated heterocycles. The summed E-state index contributed by atoms with van der Waals surface area (Å²) in [6.45, 7) is 3.98. The second kappa shape index (κ2) is 6.40. The minimum absolute atomic E-state index is 0.0147. The molecule has 0 radical (unpaired) electrons. The number of aromatic nitrogens is 4. The van der Waals surface area contributed by atoms with Crippen molar-refractivity contribution in [1.82, 2.24) is 19.7 Å². The highest BCUT2D eigenvalue weighted by Gasteiger charge is 2.16. The maximum Gasteiger partial charge on any atom is 0.262 e. The molecule has 4 aromatic heterocycles. The molecule has 0 aromatic carbocycles. The summed E-state index contributed by atoms with van der Waals surface area (Å²) < 4.78 is 6.89. The van der Waals surface area contributed by atoms with E-state index in [2.05, 4.69) is 15.1 Å². The average molecular weight is 391 g/mol. The quantitative estimate of drug-likeness (QED) is 0.387. The molecule has 0 saturated carbocycles. The SMILES string of the molecule is Cc1sc2nc(SCc3nc(-c4cccs4)no3)n(C)c(=O)c2c1C. The van der Waals surface area contributed by atoms with Crippen molar-refractivity contribution in [3.8, 4) is 10.7 Å². The van der Waals surface area contributed by atoms with Gasteiger partial charge in [-0.15, -0.1) is 22.7 Å². The predicted molar refractivity (Wildman–Crippen MR) is 102 cm³/mol. The summed E-state index contributed by atoms with van der Waals surface area (Å²) in [6.07, 6.45) is 0. The van der Waals surface area contributed by atoms with E-state index < -0.39 is 0 Å². The predicted octanol–water partition coefficient (Wildman–Crippen LogP) is 4.02. The Labute approximate surface area is 155 Å². The third kappa shape index (κ3) is 2.92. The summed E-state index contributed by atoms with van der Waals surface area (Å²) in [6, 6.07) is 3.90. The van der Waals surface area contributed by atoms with Crippen LogP contribution >= 0.6 is 34.4 Å². The molecular formula is C16H14N4O2S3. The molecule has 4 aromatic rings. The number of aryl methyl sites for hydroxylation is 2. The van der Waals surface area contributed by atoms with Gasteiger partial charge in [-0.2, -0.15) is 4.98 Å². The Morgan fingerprint density at radius 1 is 1.32 bits per heavy atom. The fraction of sp³-hybridized carbons (Fsp3) is 0.250. The summed E-state index contributed by atoms with van der Waals surface area (Å²) >= 11 is 4.54. The van der Waals surface area contributed by atoms with Crippen molar-refractivity contribution >= 4 is 44.7 Å². The van der Waals surface area contributed by atoms with Crippen LogP contribution in [0, 0.1) is 13.8 Å². The van der Waals surface area contributed by atoms with E-state index >= 15 is 0 Å². The zero-order valence-electron chi connectivity index (χ0n) is 13.8. The molecule has 0 aliphatic rings. The summed E-state index contributed by atoms with van der Waals surface area (Å²) in [5.74, 6) is 1.57. The fourth-order valence-electron chi connectivity index (χ4n) is 2.43. The van der Waals surface area contributed by atoms with Gasteiger partial charge >= 0.3 is 0 Å². The smallest absolute Gasteiger partial charge is 0.262 e. The van der Waals surface area contributed by atoms with E-state index in [1.165, 1.54) is 11.8 Å². The van der Waals surface area contributed by atoms with Crippen LogP contribution in [-0.2, 0) is 12.8 Å². The second-order valence-electron chi connectivity index (χ2n) is 5.50. The van der Waals surface area contributed by atoms with Gasteiger partial charge in [0.2, 0.25) is 11.7 Å². The number of hydrogen-bond donors (Lipinski definition) is 0. The van der Waals surface area contributed by atoms with E-state index in [4.69, 9.17) is 4.52 Å². The molecule has 0 N–H and O–H groups in total. The first kappa shape index (κ1) is 16.5. The van der Waals surface area contributed by atoms with E-state index in [9.17, 15) is 4.79 Å². The zero-order valence-corrected chi connectivity index (χ0v) is 16.2. The topological polar surface area (TPSA) is 73.8 Å². The molecule has 0 bridgehead atoms. The molecule has 128 valence electrons. The van der Waals surface area contributed by atoms with Crippen molar-refractivity contribution in [2.45, 2.75) is 24.8 Å². The first-order chi connectivity index (χ1) is 12.0. The number of nitrogens with zero attached hydrogens (tertiary/aromatic N) is 4. The van der Waals surface area contributed by atoms with E-state index in [1.54, 1.807) is 34.3 Å². The lowest BCUT2D eigenvalue weighted by molar-refractivity contribution is 0.391. The van der Waals surface area contributed by atoms with Crippen molar-refractivity contribution in [3.05, 3.63) is 44.2 Å². The Bertz CT molecular complexity index is 1110. The van der Waals surface area contributed by atoms with Crippen LogP contribution in [0.3, 0.4) is 0 Å². The second-order valence-corrected chi connectivity index (χ2v) is 8.59. The highest BCUT2D eigenvalue weighted by Crippen LogP contribution is 2.29. The number of thioether (sulfide) groups is 1. The molecule has 0 aliphatic heterocycles. The van der Waals surface area contributed by atoms with Gasteiger partial charge in [-0.05, 0) is 30.9 Å². The first-order valence-corrected chi connectivity index (χ1v) is 10.2. The monoisotopic (exact) mass is 390 g/mol. The lowest BCUT2D eigenvalue weighted by Crippen LogP contribution is -2.19. The van der Waals surface area contributed by atoms with E-state index in [-0.39, 0.29) is 5.56 Å². The minimum Gasteiger partial charge on any atom is -0.338 e. The molecule has 6 nitrogen and oxygen atoms in total. The van der Waals surface area contributed by atoms with Gasteiger partial charge < -0.3 is 4.52 Å². The van der Waals surface area contributed by atoms with Crippen LogP contribution in [0.4, 0.5) is 0 Å². The molecule has 4 rings (SSSR count). The average Bonchev–Trinajstić information content (AvgIpc) is 3.31. The van der Waals surface area contributed by atoms with Gasteiger partial charge in [0, 0.05) is 11.9 Å². The van der Waals surface area contributed by atoms with Crippen molar-refractivity contribution in [2.24, 2.45) is 7.05 Å². The highest BCUT2D eigenvalue weighted by molar-refractivity contribution is 7.98. The van der Waals surface area contributed by atoms with Gasteiger partial charge in [0.15, 0.2) is 5.16 Å². The van der Waals surface area contributed by atoms with Crippen molar-refractivity contribution in [2.75, 3.05) is 0 Å². The highest BCUT2D eigenvalue weighted by atomic mass is 32.2. The lowest BCUT2D eigenvalue weighted by atomic mass is 10.2. The fourth-order valence-corrected chi connectivity index (χ4v) is 4.96. The Morgan fingerprint density at radius 3 is 2.92 bits per heavy atom. The van der Waals surface area contributed by atoms with Gasteiger partial charge in [0.25, 0.3) is 5.56 Å². The lowest BCUT2D eigenvalue weighted by Gasteiger charge is -2.05. The Morgan fingerprint density at radius 2 is 2.16 bits per heavy atom. The largest absolute Gasteiger partial charge is 0.338 e. The summed E-state index contributed by atoms with van der Waals surface area (Å²) in [7, 11) is 1.74. The van der Waals surface area contributed by atoms with E-state index in [0.717, 1.165) is 20.1 Å². The van der Waals surface area contributed by atoms with Gasteiger partial charge in [0.05, 0.1) is 16.0 Å². The van der Waals surface area contributed by atoms with E-state index in [1.807, 2.05) is 31.4 Å². The van der Waals surface area contributed by atoms with Crippen molar-refractivity contribution in [3.63, 3.8) is 0 Å². The van der Waals surface area contributed by atoms with Crippen molar-refractivity contribution < 1.29 is 4.52 Å². The third-order valence-electron chi connectivity index (χ3n) is 3.90. The maximum atomic E-state index is 12.6. The molecule has 0 aliphatic carbocycles. The Balaban J connectivity index is 1.61. The molecule has 0 amide bonds. The maximum absolute atomic E-state index is 12.6. The normalized spacial score (nSPS) is 11.5. The first-order valence-electron chi connectivity index (χ1n) is 7.50. The standard InChI is InChI=1S/C16H14N4O2S3/c1-8-9(2)25-14-12(8)15(21)20(3)16(18-14)24-7-11-17-13(19-22-11)10-5-4-6-23-10/h4-6H,7H2,1-3H3. The molecule has 9 heteroatoms. The minimum atomic E-state index is -0.0147. The molecule has 25 heavy (non-hydrogen) atoms. The van der Waals surface area contributed by atoms with Crippen LogP contribution in [0.15, 0.2) is 32.0 Å². The van der Waals surface area contributed by atoms with Crippen LogP contribution in [0.2, 0.25) is 0 Å². The van der Waals surface area contributed by atoms with Gasteiger partial charge in [-0.25, -0.2) is 4.98 Å². The number of rotatable bonds is 4. The third-order valence-corrected chi connectivity index (χ3v) is 6.89. The van der Waals surface area contributed by atoms with Crippen LogP contribution in [0.5, 0.6) is 0 Å². The van der Waals surface area contributed by atoms with Crippen LogP contribution in [-0.4, -0.2) is 19.7 Å². The van der Waals surface area contributed by atoms with Crippen LogP contribution in [0.1, 0.15) is 16.3 Å². The number of hydrogen-bond acceptors (Lipinski definition) is 8. The number of thiophene rings is 2. The number of fused-ring (bicyclic) bond motifs is 1. The van der Waals surface area contributed by atoms with Crippen LogP contribution in [0.25, 0.3) is 20.9 Å². The summed E-state index contributed by atoms with van der Waals surface area (Å²) in [4.78, 5) is 24.5. The molecule has 4 heterocycles. The van der Waals surface area contributed by atoms with Crippen LogP contribution < -0.4 is 5.56 Å². The zero-order chi connectivity index (χ0) is 17.6. The Kier molecular flexibility index (Phi) is 4.22. The van der Waals surface area contributed by atoms with E-state index in [0.29, 0.717) is 28.0 Å². The molecule has 0 atom stereocenters. The molecular weight excluding hydrogens is 376 g/mol. The van der Waals surface area contributed by atoms with Gasteiger partial charge in [-0.3, -0.25) is 9.36 Å². The molecule has 0 unspecified atom stereocenters. The van der Waals surface area contributed by atoms with Gasteiger partial charge in [0.1, 0.15) is 4.83 Å². The molecule has 0 fully saturated rings. The Hall–Kier alpha value is -1.97. The summed E-state index contributed by atoms with van der Waals surface area (Å²) in [5, 5.41) is 7.33. The van der Waals surface area contributed by atoms with Crippen molar-refractivity contribution in [1.29, 1.82) is 0 Å². The summed E-state index contributed by atoms with van der Waals surface area (Å²) in [5.41, 5.74) is 1.00. The molecule has 0 spiro atoms. The van der Waals surface area contributed by atoms with Gasteiger partial charge in [-0.1, -0.05) is 23.0 Å².